The third-order valence-electron chi connectivity index (χ3n) is 13.4. The standard InChI is InChI=1S/C52H90N18O12/c1-5-29(4)41(70-42(73)32(55)15-12-22-60-51(56)57)49(80)64-34(17-8-10-20-53)43(74)66-37(24-30-25-62-33-16-7-6-14-31(30)33)45(76)67-38(26-71)46(77)63-35(19-13-23-61-52(58)59)44(75)69-40(28(2)3)48(79)68-39(27-72)47(78)65-36(50(81)82)18-9-11-21-54/h6-7,14,16,25,28-29,32,34-41,62,71-72H,5,8-13,15,17-24,26-27,53-55H2,1-4H3,(H,63,77)(H,64,80)(H,65,78)(H,66,74)(H,67,76)(H,68,79)(H,69,75)(H,70,73)(H,81,82)(H4,56,57,60)(H4,58,59,61)/t29-,32-,34-,35-,36-,37-,38-,39-,40-,41-/m0/s1. The molecule has 1 aromatic heterocycles. The molecule has 2 aromatic rings. The summed E-state index contributed by atoms with van der Waals surface area (Å²) in [7, 11) is 0. The molecule has 2 rings (SSSR count). The van der Waals surface area contributed by atoms with Crippen molar-refractivity contribution in [3.8, 4) is 0 Å². The van der Waals surface area contributed by atoms with E-state index >= 15 is 0 Å². The number of aliphatic hydroxyl groups excluding tert-OH is 2. The number of carbonyl (C=O) groups is 9. The topological polar surface area (TPSA) is 533 Å². The third kappa shape index (κ3) is 24.6. The van der Waals surface area contributed by atoms with Crippen molar-refractivity contribution in [2.75, 3.05) is 39.4 Å². The Balaban J connectivity index is 2.48. The molecule has 30 nitrogen and oxygen atoms in total. The van der Waals surface area contributed by atoms with Crippen molar-refractivity contribution >= 4 is 76.0 Å². The Bertz CT molecular complexity index is 2450. The highest BCUT2D eigenvalue weighted by Gasteiger charge is 2.36. The lowest BCUT2D eigenvalue weighted by Gasteiger charge is -2.29. The number of benzene rings is 1. The van der Waals surface area contributed by atoms with Gasteiger partial charge < -0.3 is 103 Å². The predicted molar refractivity (Wildman–Crippen MR) is 307 cm³/mol. The molecule has 82 heavy (non-hydrogen) atoms. The van der Waals surface area contributed by atoms with Crippen molar-refractivity contribution < 1.29 is 58.5 Å². The van der Waals surface area contributed by atoms with Gasteiger partial charge in [0, 0.05) is 36.6 Å². The van der Waals surface area contributed by atoms with Crippen LogP contribution in [0.5, 0.6) is 0 Å². The number of aliphatic hydroxyl groups is 2. The summed E-state index contributed by atoms with van der Waals surface area (Å²) < 4.78 is 0. The SMILES string of the molecule is CC[C@H](C)[C@H](NC(=O)[C@@H](N)CCCN=C(N)N)C(=O)N[C@@H](CCCCN)C(=O)N[C@@H](Cc1c[nH]c2ccccc12)C(=O)N[C@@H](CO)C(=O)N[C@@H](CCCN=C(N)N)C(=O)N[C@H](C(=O)N[C@@H](CO)C(=O)N[C@@H](CCCCN)C(=O)O)C(C)C. The molecule has 1 aromatic carbocycles. The zero-order valence-corrected chi connectivity index (χ0v) is 47.4. The van der Waals surface area contributed by atoms with Crippen LogP contribution in [0.15, 0.2) is 40.4 Å². The Morgan fingerprint density at radius 2 is 0.963 bits per heavy atom. The molecule has 30 heteroatoms. The van der Waals surface area contributed by atoms with Crippen LogP contribution in [0, 0.1) is 11.8 Å². The number of nitrogens with one attached hydrogen (secondary N) is 9. The maximum Gasteiger partial charge on any atom is 0.326 e. The molecule has 0 fully saturated rings. The number of aliphatic imine (C=N–C) groups is 2. The van der Waals surface area contributed by atoms with Crippen LogP contribution in [-0.4, -0.2) is 179 Å². The number of aromatic nitrogens is 1. The van der Waals surface area contributed by atoms with Crippen LogP contribution in [0.2, 0.25) is 0 Å². The molecule has 0 radical (unpaired) electrons. The van der Waals surface area contributed by atoms with Crippen LogP contribution in [-0.2, 0) is 49.6 Å². The van der Waals surface area contributed by atoms with E-state index in [9.17, 15) is 58.5 Å². The number of carboxylic acids is 1. The summed E-state index contributed by atoms with van der Waals surface area (Å²) in [5, 5.41) is 51.4. The van der Waals surface area contributed by atoms with Gasteiger partial charge >= 0.3 is 5.97 Å². The van der Waals surface area contributed by atoms with Gasteiger partial charge in [0.05, 0.1) is 19.3 Å². The Morgan fingerprint density at radius 3 is 1.49 bits per heavy atom. The monoisotopic (exact) mass is 1160 g/mol. The van der Waals surface area contributed by atoms with Gasteiger partial charge in [-0.2, -0.15) is 0 Å². The maximum atomic E-state index is 14.5. The van der Waals surface area contributed by atoms with Crippen molar-refractivity contribution in [2.24, 2.45) is 62.0 Å². The number of nitrogens with zero attached hydrogens (tertiary/aromatic N) is 2. The van der Waals surface area contributed by atoms with Crippen molar-refractivity contribution in [1.82, 2.24) is 47.5 Å². The van der Waals surface area contributed by atoms with Gasteiger partial charge in [-0.1, -0.05) is 52.3 Å². The fourth-order valence-corrected chi connectivity index (χ4v) is 8.42. The minimum absolute atomic E-state index is 0.0140. The molecule has 0 saturated heterocycles. The fourth-order valence-electron chi connectivity index (χ4n) is 8.42. The molecule has 0 spiro atoms. The quantitative estimate of drug-likeness (QED) is 0.0169. The first kappa shape index (κ1) is 70.4. The number of guanidine groups is 2. The van der Waals surface area contributed by atoms with Crippen molar-refractivity contribution in [3.05, 3.63) is 36.0 Å². The number of aromatic amines is 1. The molecule has 1 heterocycles. The largest absolute Gasteiger partial charge is 0.480 e. The van der Waals surface area contributed by atoms with Gasteiger partial charge in [0.25, 0.3) is 0 Å². The van der Waals surface area contributed by atoms with E-state index in [0.29, 0.717) is 61.5 Å². The first-order valence-corrected chi connectivity index (χ1v) is 27.6. The second-order valence-electron chi connectivity index (χ2n) is 20.3. The molecule has 8 amide bonds. The van der Waals surface area contributed by atoms with Crippen LogP contribution in [0.25, 0.3) is 10.9 Å². The normalized spacial score (nSPS) is 14.9. The number of nitrogens with two attached hydrogens (primary N) is 7. The lowest BCUT2D eigenvalue weighted by atomic mass is 9.96. The van der Waals surface area contributed by atoms with Gasteiger partial charge in [-0.05, 0) is 101 Å². The zero-order valence-electron chi connectivity index (χ0n) is 47.4. The second-order valence-corrected chi connectivity index (χ2v) is 20.3. The molecule has 460 valence electrons. The van der Waals surface area contributed by atoms with E-state index < -0.39 is 133 Å². The van der Waals surface area contributed by atoms with Crippen LogP contribution in [0.1, 0.15) is 104 Å². The lowest BCUT2D eigenvalue weighted by Crippen LogP contribution is -2.62. The van der Waals surface area contributed by atoms with E-state index in [1.807, 2.05) is 6.92 Å². The summed E-state index contributed by atoms with van der Waals surface area (Å²) in [6.45, 7) is 5.48. The average Bonchev–Trinajstić information content (AvgIpc) is 3.86. The highest BCUT2D eigenvalue weighted by Crippen LogP contribution is 2.20. The van der Waals surface area contributed by atoms with Gasteiger partial charge in [-0.15, -0.1) is 0 Å². The predicted octanol–water partition coefficient (Wildman–Crippen LogP) is -4.95. The van der Waals surface area contributed by atoms with Crippen LogP contribution in [0.3, 0.4) is 0 Å². The minimum Gasteiger partial charge on any atom is -0.480 e. The summed E-state index contributed by atoms with van der Waals surface area (Å²) >= 11 is 0. The van der Waals surface area contributed by atoms with E-state index in [1.165, 1.54) is 0 Å². The van der Waals surface area contributed by atoms with Crippen LogP contribution in [0.4, 0.5) is 0 Å². The number of carbonyl (C=O) groups excluding carboxylic acids is 8. The van der Waals surface area contributed by atoms with E-state index in [1.54, 1.807) is 51.2 Å². The molecule has 0 bridgehead atoms. The number of hydrogen-bond donors (Lipinski definition) is 19. The number of unbranched alkanes of at least 4 members (excludes halogenated alkanes) is 2. The fraction of sp³-hybridized carbons (Fsp3) is 0.635. The van der Waals surface area contributed by atoms with Gasteiger partial charge in [-0.25, -0.2) is 4.79 Å². The molecular formula is C52H90N18O12. The van der Waals surface area contributed by atoms with E-state index in [0.717, 1.165) is 0 Å². The molecule has 10 atom stereocenters. The number of fused-ring (bicyclic) bond motifs is 1. The summed E-state index contributed by atoms with van der Waals surface area (Å²) in [4.78, 5) is 134. The van der Waals surface area contributed by atoms with Gasteiger partial charge in [0.1, 0.15) is 48.3 Å². The number of para-hydroxylation sites is 1. The molecule has 0 aliphatic rings. The Kier molecular flexibility index (Phi) is 32.1. The van der Waals surface area contributed by atoms with Gasteiger partial charge in [0.2, 0.25) is 47.3 Å². The number of aliphatic carboxylic acids is 1. The van der Waals surface area contributed by atoms with Gasteiger partial charge in [-0.3, -0.25) is 48.3 Å². The summed E-state index contributed by atoms with van der Waals surface area (Å²) in [6, 6.07) is -5.43. The molecule has 0 unspecified atom stereocenters. The average molecular weight is 1160 g/mol. The lowest BCUT2D eigenvalue weighted by molar-refractivity contribution is -0.143. The van der Waals surface area contributed by atoms with Crippen LogP contribution >= 0.6 is 0 Å². The smallest absolute Gasteiger partial charge is 0.326 e. The van der Waals surface area contributed by atoms with E-state index in [-0.39, 0.29) is 70.1 Å². The molecular weight excluding hydrogens is 1070 g/mol. The van der Waals surface area contributed by atoms with Crippen molar-refractivity contribution in [2.45, 2.75) is 159 Å². The summed E-state index contributed by atoms with van der Waals surface area (Å²) in [6.07, 6.45) is 4.14. The molecule has 26 N–H and O–H groups in total. The summed E-state index contributed by atoms with van der Waals surface area (Å²) in [5.74, 6) is -9.88. The minimum atomic E-state index is -1.77. The first-order valence-electron chi connectivity index (χ1n) is 27.6. The number of H-pyrrole nitrogens is 1. The van der Waals surface area contributed by atoms with E-state index in [2.05, 4.69) is 57.5 Å². The number of carboxylic acid groups (broad SMARTS) is 1. The van der Waals surface area contributed by atoms with Crippen molar-refractivity contribution in [1.29, 1.82) is 0 Å². The number of rotatable bonds is 40. The highest BCUT2D eigenvalue weighted by atomic mass is 16.4. The zero-order chi connectivity index (χ0) is 61.5. The Labute approximate surface area is 477 Å². The Hall–Kier alpha value is -7.67. The Morgan fingerprint density at radius 1 is 0.537 bits per heavy atom. The van der Waals surface area contributed by atoms with Gasteiger partial charge in [0.15, 0.2) is 11.9 Å². The molecule has 0 saturated carbocycles. The second kappa shape index (κ2) is 37.4. The number of amides is 8. The third-order valence-corrected chi connectivity index (χ3v) is 13.4. The molecule has 0 aliphatic heterocycles. The maximum absolute atomic E-state index is 14.5. The van der Waals surface area contributed by atoms with Crippen molar-refractivity contribution in [3.63, 3.8) is 0 Å². The first-order chi connectivity index (χ1) is 38.9. The number of hydrogen-bond acceptors (Lipinski definition) is 16. The summed E-state index contributed by atoms with van der Waals surface area (Å²) in [5.41, 5.74) is 40.5. The van der Waals surface area contributed by atoms with Crippen LogP contribution < -0.4 is 82.7 Å². The highest BCUT2D eigenvalue weighted by molar-refractivity contribution is 5.98. The molecule has 0 aliphatic carbocycles. The van der Waals surface area contributed by atoms with E-state index in [4.69, 9.17) is 40.1 Å².